The highest BCUT2D eigenvalue weighted by Gasteiger charge is 2.12. The molecule has 0 aromatic heterocycles. The molecule has 0 heterocycles. The topological polar surface area (TPSA) is 0 Å². The van der Waals surface area contributed by atoms with Crippen molar-refractivity contribution < 1.29 is 0 Å². The van der Waals surface area contributed by atoms with E-state index in [-0.39, 0.29) is 0 Å². The van der Waals surface area contributed by atoms with Gasteiger partial charge in [-0.1, -0.05) is 58.4 Å². The lowest BCUT2D eigenvalue weighted by molar-refractivity contribution is 1.35. The lowest BCUT2D eigenvalue weighted by Gasteiger charge is -2.05. The number of allylic oxidation sites excluding steroid dienone is 4. The van der Waals surface area contributed by atoms with E-state index in [4.69, 9.17) is 0 Å². The molecule has 0 aliphatic heterocycles. The van der Waals surface area contributed by atoms with Crippen LogP contribution < -0.4 is 10.4 Å². The van der Waals surface area contributed by atoms with E-state index in [1.54, 1.807) is 0 Å². The van der Waals surface area contributed by atoms with Gasteiger partial charge in [0.15, 0.2) is 0 Å². The van der Waals surface area contributed by atoms with Gasteiger partial charge < -0.3 is 0 Å². The van der Waals surface area contributed by atoms with E-state index in [1.165, 1.54) is 32.7 Å². The maximum Gasteiger partial charge on any atom is 0.0175 e. The third-order valence-corrected chi connectivity index (χ3v) is 4.48. The molecule has 4 rings (SSSR count). The largest absolute Gasteiger partial charge is 0.0801 e. The molecule has 0 spiro atoms. The fraction of sp³-hybridized carbons (Fsp3) is 0.0526. The van der Waals surface area contributed by atoms with Gasteiger partial charge >= 0.3 is 0 Å². The van der Waals surface area contributed by atoms with Gasteiger partial charge in [-0.15, -0.1) is 0 Å². The van der Waals surface area contributed by atoms with Crippen molar-refractivity contribution in [3.8, 4) is 11.1 Å². The quantitative estimate of drug-likeness (QED) is 0.746. The van der Waals surface area contributed by atoms with Crippen LogP contribution in [0.4, 0.5) is 0 Å². The predicted octanol–water partition coefficient (Wildman–Crippen LogP) is 3.95. The van der Waals surface area contributed by atoms with Gasteiger partial charge in [-0.2, -0.15) is 0 Å². The molecule has 0 saturated heterocycles. The van der Waals surface area contributed by atoms with Gasteiger partial charge in [0, 0.05) is 4.47 Å². The van der Waals surface area contributed by atoms with E-state index in [0.29, 0.717) is 0 Å². The van der Waals surface area contributed by atoms with Crippen LogP contribution in [0.1, 0.15) is 6.42 Å². The average molecular weight is 321 g/mol. The standard InChI is InChI=1S/C19H13Br/c20-17-8-5-13(6-9-17)14-7-10-19-16(11-14)12-15-3-1-2-4-18(15)19/h1-3,5-12H,4H2. The highest BCUT2D eigenvalue weighted by Crippen LogP contribution is 2.24. The first-order valence-electron chi connectivity index (χ1n) is 6.79. The minimum Gasteiger partial charge on any atom is -0.0801 e. The first-order chi connectivity index (χ1) is 9.81. The minimum atomic E-state index is 1.05. The fourth-order valence-electron chi connectivity index (χ4n) is 2.92. The van der Waals surface area contributed by atoms with Crippen molar-refractivity contribution in [3.05, 3.63) is 81.2 Å². The second-order valence-corrected chi connectivity index (χ2v) is 6.10. The Labute approximate surface area is 126 Å². The lowest BCUT2D eigenvalue weighted by atomic mass is 9.99. The second-order valence-electron chi connectivity index (χ2n) is 5.19. The summed E-state index contributed by atoms with van der Waals surface area (Å²) in [5.41, 5.74) is 5.37. The molecule has 0 saturated carbocycles. The normalized spacial score (nSPS) is 15.4. The summed E-state index contributed by atoms with van der Waals surface area (Å²) in [7, 11) is 0. The van der Waals surface area contributed by atoms with Gasteiger partial charge in [-0.25, -0.2) is 0 Å². The van der Waals surface area contributed by atoms with Gasteiger partial charge in [0.2, 0.25) is 0 Å². The molecule has 0 unspecified atom stereocenters. The SMILES string of the molecule is Brc1ccc(-c2ccc3c(c2)=CC2=CC=CCC=32)cc1. The Balaban J connectivity index is 1.89. The molecular formula is C19H13Br. The molecule has 20 heavy (non-hydrogen) atoms. The Morgan fingerprint density at radius 2 is 1.70 bits per heavy atom. The van der Waals surface area contributed by atoms with E-state index >= 15 is 0 Å². The maximum atomic E-state index is 3.49. The van der Waals surface area contributed by atoms with E-state index in [0.717, 1.165) is 10.9 Å². The summed E-state index contributed by atoms with van der Waals surface area (Å²) >= 11 is 3.49. The third-order valence-electron chi connectivity index (χ3n) is 3.95. The predicted molar refractivity (Wildman–Crippen MR) is 88.5 cm³/mol. The molecule has 1 heteroatoms. The average Bonchev–Trinajstić information content (AvgIpc) is 2.85. The smallest absolute Gasteiger partial charge is 0.0175 e. The van der Waals surface area contributed by atoms with Crippen molar-refractivity contribution in [2.75, 3.05) is 0 Å². The highest BCUT2D eigenvalue weighted by atomic mass is 79.9. The molecule has 2 aromatic rings. The molecule has 0 atom stereocenters. The van der Waals surface area contributed by atoms with Crippen molar-refractivity contribution in [3.63, 3.8) is 0 Å². The first kappa shape index (κ1) is 11.9. The van der Waals surface area contributed by atoms with Crippen LogP contribution >= 0.6 is 15.9 Å². The summed E-state index contributed by atoms with van der Waals surface area (Å²) in [6, 6.07) is 15.3. The van der Waals surface area contributed by atoms with Crippen molar-refractivity contribution in [2.45, 2.75) is 6.42 Å². The molecule has 2 aromatic carbocycles. The Morgan fingerprint density at radius 1 is 0.900 bits per heavy atom. The third kappa shape index (κ3) is 1.90. The Hall–Kier alpha value is -1.86. The van der Waals surface area contributed by atoms with Crippen LogP contribution in [0.3, 0.4) is 0 Å². The molecule has 0 nitrogen and oxygen atoms in total. The molecule has 0 radical (unpaired) electrons. The summed E-state index contributed by atoms with van der Waals surface area (Å²) < 4.78 is 1.12. The van der Waals surface area contributed by atoms with Crippen molar-refractivity contribution in [1.29, 1.82) is 0 Å². The van der Waals surface area contributed by atoms with E-state index < -0.39 is 0 Å². The van der Waals surface area contributed by atoms with Gasteiger partial charge in [0.1, 0.15) is 0 Å². The maximum absolute atomic E-state index is 3.49. The Bertz CT molecular complexity index is 865. The van der Waals surface area contributed by atoms with E-state index in [1.807, 2.05) is 0 Å². The number of halogens is 1. The van der Waals surface area contributed by atoms with Crippen molar-refractivity contribution in [1.82, 2.24) is 0 Å². The van der Waals surface area contributed by atoms with Crippen molar-refractivity contribution in [2.24, 2.45) is 0 Å². The number of fused-ring (bicyclic) bond motifs is 2. The number of benzene rings is 2. The Kier molecular flexibility index (Phi) is 2.75. The van der Waals surface area contributed by atoms with Gasteiger partial charge in [0.05, 0.1) is 0 Å². The molecule has 0 amide bonds. The van der Waals surface area contributed by atoms with Crippen LogP contribution in [0.2, 0.25) is 0 Å². The second kappa shape index (κ2) is 4.60. The van der Waals surface area contributed by atoms with Crippen LogP contribution in [0.5, 0.6) is 0 Å². The summed E-state index contributed by atoms with van der Waals surface area (Å²) in [6.45, 7) is 0. The molecule has 2 aliphatic carbocycles. The van der Waals surface area contributed by atoms with Crippen molar-refractivity contribution >= 4 is 27.6 Å². The zero-order valence-corrected chi connectivity index (χ0v) is 12.5. The molecule has 0 N–H and O–H groups in total. The van der Waals surface area contributed by atoms with Crippen LogP contribution in [-0.2, 0) is 0 Å². The summed E-state index contributed by atoms with van der Waals surface area (Å²) in [6.07, 6.45) is 9.93. The van der Waals surface area contributed by atoms with Crippen LogP contribution in [0, 0.1) is 0 Å². The van der Waals surface area contributed by atoms with Gasteiger partial charge in [0.25, 0.3) is 0 Å². The Morgan fingerprint density at radius 3 is 2.55 bits per heavy atom. The molecule has 96 valence electrons. The molecule has 0 bridgehead atoms. The molecule has 0 fully saturated rings. The fourth-order valence-corrected chi connectivity index (χ4v) is 3.19. The number of hydrogen-bond acceptors (Lipinski definition) is 0. The van der Waals surface area contributed by atoms with Crippen LogP contribution in [0.15, 0.2) is 70.7 Å². The monoisotopic (exact) mass is 320 g/mol. The lowest BCUT2D eigenvalue weighted by Crippen LogP contribution is -2.22. The summed E-state index contributed by atoms with van der Waals surface area (Å²) in [5, 5.41) is 2.73. The van der Waals surface area contributed by atoms with Crippen LogP contribution in [-0.4, -0.2) is 0 Å². The summed E-state index contributed by atoms with van der Waals surface area (Å²) in [4.78, 5) is 0. The van der Waals surface area contributed by atoms with Crippen LogP contribution in [0.25, 0.3) is 22.8 Å². The zero-order chi connectivity index (χ0) is 13.5. The zero-order valence-electron chi connectivity index (χ0n) is 10.9. The van der Waals surface area contributed by atoms with E-state index in [9.17, 15) is 0 Å². The first-order valence-corrected chi connectivity index (χ1v) is 7.59. The molecule has 2 aliphatic rings. The van der Waals surface area contributed by atoms with E-state index in [2.05, 4.69) is 82.7 Å². The highest BCUT2D eigenvalue weighted by molar-refractivity contribution is 9.10. The summed E-state index contributed by atoms with van der Waals surface area (Å²) in [5.74, 6) is 0. The molecular weight excluding hydrogens is 308 g/mol. The number of rotatable bonds is 1. The number of hydrogen-bond donors (Lipinski definition) is 0. The minimum absolute atomic E-state index is 1.05. The van der Waals surface area contributed by atoms with Gasteiger partial charge in [-0.3, -0.25) is 0 Å². The van der Waals surface area contributed by atoms with Gasteiger partial charge in [-0.05, 0) is 63.4 Å².